The van der Waals surface area contributed by atoms with Crippen molar-refractivity contribution in [1.29, 1.82) is 0 Å². The average molecular weight is 306 g/mol. The van der Waals surface area contributed by atoms with Crippen LogP contribution in [0.15, 0.2) is 30.5 Å². The summed E-state index contributed by atoms with van der Waals surface area (Å²) in [5.41, 5.74) is 0.755. The minimum atomic E-state index is 0.444. The quantitative estimate of drug-likeness (QED) is 0.828. The smallest absolute Gasteiger partial charge is 0.176 e. The molecular weight excluding hydrogens is 288 g/mol. The molecule has 0 aliphatic carbocycles. The lowest BCUT2D eigenvalue weighted by Gasteiger charge is -2.13. The highest BCUT2D eigenvalue weighted by Gasteiger charge is 2.07. The van der Waals surface area contributed by atoms with E-state index in [2.05, 4.69) is 15.7 Å². The van der Waals surface area contributed by atoms with Crippen LogP contribution in [0.25, 0.3) is 0 Å². The van der Waals surface area contributed by atoms with Crippen LogP contribution >= 0.6 is 12.2 Å². The molecule has 0 unspecified atom stereocenters. The number of ether oxygens (including phenoxy) is 2. The molecule has 1 aromatic heterocycles. The van der Waals surface area contributed by atoms with Gasteiger partial charge in [0.05, 0.1) is 19.9 Å². The molecule has 0 spiro atoms. The fourth-order valence-electron chi connectivity index (χ4n) is 1.78. The van der Waals surface area contributed by atoms with Crippen molar-refractivity contribution in [3.05, 3.63) is 30.5 Å². The number of methoxy groups -OCH3 is 2. The Hall–Kier alpha value is -2.28. The monoisotopic (exact) mass is 306 g/mol. The lowest BCUT2D eigenvalue weighted by molar-refractivity contribution is 0.395. The van der Waals surface area contributed by atoms with Gasteiger partial charge in [-0.25, -0.2) is 0 Å². The van der Waals surface area contributed by atoms with Gasteiger partial charge in [-0.15, -0.1) is 0 Å². The molecule has 112 valence electrons. The van der Waals surface area contributed by atoms with Gasteiger partial charge in [-0.05, 0) is 31.3 Å². The Bertz CT molecular complexity index is 627. The molecule has 0 atom stereocenters. The first-order valence-corrected chi connectivity index (χ1v) is 6.90. The third kappa shape index (κ3) is 3.85. The van der Waals surface area contributed by atoms with Crippen molar-refractivity contribution >= 4 is 28.8 Å². The fourth-order valence-corrected chi connectivity index (χ4v) is 1.99. The largest absolute Gasteiger partial charge is 0.497 e. The van der Waals surface area contributed by atoms with Crippen LogP contribution in [-0.4, -0.2) is 29.1 Å². The predicted molar refractivity (Wildman–Crippen MR) is 87.3 cm³/mol. The van der Waals surface area contributed by atoms with Crippen LogP contribution in [0.4, 0.5) is 11.5 Å². The Morgan fingerprint density at radius 2 is 2.05 bits per heavy atom. The molecule has 1 heterocycles. The van der Waals surface area contributed by atoms with Crippen molar-refractivity contribution in [3.8, 4) is 11.5 Å². The van der Waals surface area contributed by atoms with E-state index in [1.54, 1.807) is 20.3 Å². The number of nitrogens with one attached hydrogen (secondary N) is 2. The van der Waals surface area contributed by atoms with E-state index in [1.807, 2.05) is 36.0 Å². The van der Waals surface area contributed by atoms with Gasteiger partial charge < -0.3 is 20.1 Å². The van der Waals surface area contributed by atoms with E-state index < -0.39 is 0 Å². The number of aromatic nitrogens is 2. The SMILES string of the molecule is CCn1ccc(NC(=S)Nc2ccc(OC)cc2OC)n1. The van der Waals surface area contributed by atoms with E-state index in [9.17, 15) is 0 Å². The number of aryl methyl sites for hydroxylation is 1. The van der Waals surface area contributed by atoms with E-state index in [4.69, 9.17) is 21.7 Å². The summed E-state index contributed by atoms with van der Waals surface area (Å²) >= 11 is 5.27. The normalized spacial score (nSPS) is 10.0. The third-order valence-corrected chi connectivity index (χ3v) is 3.07. The molecule has 0 amide bonds. The number of rotatable bonds is 5. The first-order valence-electron chi connectivity index (χ1n) is 6.49. The van der Waals surface area contributed by atoms with E-state index in [0.29, 0.717) is 16.7 Å². The summed E-state index contributed by atoms with van der Waals surface area (Å²) in [6, 6.07) is 7.33. The molecule has 2 aromatic rings. The summed E-state index contributed by atoms with van der Waals surface area (Å²) in [7, 11) is 3.21. The van der Waals surface area contributed by atoms with Crippen LogP contribution in [0.3, 0.4) is 0 Å². The minimum Gasteiger partial charge on any atom is -0.497 e. The standard InChI is InChI=1S/C14H18N4O2S/c1-4-18-8-7-13(17-18)16-14(21)15-11-6-5-10(19-2)9-12(11)20-3/h5-9H,4H2,1-3H3,(H2,15,16,17,21). The van der Waals surface area contributed by atoms with Gasteiger partial charge in [0.2, 0.25) is 0 Å². The number of hydrogen-bond acceptors (Lipinski definition) is 4. The average Bonchev–Trinajstić information content (AvgIpc) is 2.95. The number of anilines is 2. The molecule has 0 fully saturated rings. The van der Waals surface area contributed by atoms with E-state index in [1.165, 1.54) is 0 Å². The second-order valence-corrected chi connectivity index (χ2v) is 4.61. The van der Waals surface area contributed by atoms with Crippen molar-refractivity contribution in [1.82, 2.24) is 9.78 Å². The van der Waals surface area contributed by atoms with Gasteiger partial charge in [0.1, 0.15) is 11.5 Å². The fraction of sp³-hybridized carbons (Fsp3) is 0.286. The highest BCUT2D eigenvalue weighted by molar-refractivity contribution is 7.80. The summed E-state index contributed by atoms with van der Waals surface area (Å²) in [6.07, 6.45) is 1.89. The Kier molecular flexibility index (Phi) is 4.99. The maximum absolute atomic E-state index is 5.31. The summed E-state index contributed by atoms with van der Waals surface area (Å²) < 4.78 is 12.3. The van der Waals surface area contributed by atoms with Crippen LogP contribution in [-0.2, 0) is 6.54 Å². The van der Waals surface area contributed by atoms with Crippen LogP contribution < -0.4 is 20.1 Å². The number of nitrogens with zero attached hydrogens (tertiary/aromatic N) is 2. The van der Waals surface area contributed by atoms with Gasteiger partial charge in [0.15, 0.2) is 10.9 Å². The highest BCUT2D eigenvalue weighted by Crippen LogP contribution is 2.29. The molecule has 21 heavy (non-hydrogen) atoms. The molecule has 0 bridgehead atoms. The summed E-state index contributed by atoms with van der Waals surface area (Å²) in [5.74, 6) is 2.07. The molecule has 0 saturated heterocycles. The minimum absolute atomic E-state index is 0.444. The third-order valence-electron chi connectivity index (χ3n) is 2.86. The van der Waals surface area contributed by atoms with E-state index in [-0.39, 0.29) is 0 Å². The van der Waals surface area contributed by atoms with Crippen LogP contribution in [0.2, 0.25) is 0 Å². The van der Waals surface area contributed by atoms with E-state index in [0.717, 1.165) is 18.0 Å². The molecule has 2 rings (SSSR count). The first kappa shape index (κ1) is 15.1. The van der Waals surface area contributed by atoms with Crippen molar-refractivity contribution in [2.45, 2.75) is 13.5 Å². The number of benzene rings is 1. The molecule has 1 aromatic carbocycles. The van der Waals surface area contributed by atoms with Gasteiger partial charge in [0.25, 0.3) is 0 Å². The predicted octanol–water partition coefficient (Wildman–Crippen LogP) is 2.73. The zero-order valence-electron chi connectivity index (χ0n) is 12.2. The van der Waals surface area contributed by atoms with Gasteiger partial charge in [0, 0.05) is 24.9 Å². The first-order chi connectivity index (χ1) is 10.2. The maximum atomic E-state index is 5.31. The molecule has 0 aliphatic heterocycles. The van der Waals surface area contributed by atoms with Gasteiger partial charge in [-0.3, -0.25) is 4.68 Å². The van der Waals surface area contributed by atoms with Crippen molar-refractivity contribution in [2.75, 3.05) is 24.9 Å². The highest BCUT2D eigenvalue weighted by atomic mass is 32.1. The van der Waals surface area contributed by atoms with Gasteiger partial charge in [-0.2, -0.15) is 5.10 Å². The van der Waals surface area contributed by atoms with E-state index >= 15 is 0 Å². The Labute approximate surface area is 129 Å². The van der Waals surface area contributed by atoms with Crippen LogP contribution in [0.1, 0.15) is 6.92 Å². The lowest BCUT2D eigenvalue weighted by Crippen LogP contribution is -2.20. The molecule has 0 saturated carbocycles. The lowest BCUT2D eigenvalue weighted by atomic mass is 10.2. The number of thiocarbonyl (C=S) groups is 1. The van der Waals surface area contributed by atoms with Crippen LogP contribution in [0, 0.1) is 0 Å². The Morgan fingerprint density at radius 1 is 1.24 bits per heavy atom. The van der Waals surface area contributed by atoms with Crippen molar-refractivity contribution in [2.24, 2.45) is 0 Å². The van der Waals surface area contributed by atoms with Crippen LogP contribution in [0.5, 0.6) is 11.5 Å². The Morgan fingerprint density at radius 3 is 2.67 bits per heavy atom. The molecule has 6 nitrogen and oxygen atoms in total. The van der Waals surface area contributed by atoms with Gasteiger partial charge in [-0.1, -0.05) is 0 Å². The van der Waals surface area contributed by atoms with Gasteiger partial charge >= 0.3 is 0 Å². The molecule has 2 N–H and O–H groups in total. The summed E-state index contributed by atoms with van der Waals surface area (Å²) in [4.78, 5) is 0. The molecule has 0 radical (unpaired) electrons. The maximum Gasteiger partial charge on any atom is 0.176 e. The molecular formula is C14H18N4O2S. The second-order valence-electron chi connectivity index (χ2n) is 4.20. The molecule has 7 heteroatoms. The van der Waals surface area contributed by atoms with Crippen molar-refractivity contribution in [3.63, 3.8) is 0 Å². The summed E-state index contributed by atoms with van der Waals surface area (Å²) in [5, 5.41) is 10.9. The molecule has 0 aliphatic rings. The zero-order chi connectivity index (χ0) is 15.2. The second kappa shape index (κ2) is 6.94. The number of hydrogen-bond donors (Lipinski definition) is 2. The zero-order valence-corrected chi connectivity index (χ0v) is 13.0. The topological polar surface area (TPSA) is 60.3 Å². The summed E-state index contributed by atoms with van der Waals surface area (Å²) in [6.45, 7) is 2.84. The Balaban J connectivity index is 2.05. The van der Waals surface area contributed by atoms with Crippen molar-refractivity contribution < 1.29 is 9.47 Å².